The van der Waals surface area contributed by atoms with Gasteiger partial charge in [0.1, 0.15) is 0 Å². The number of nitrogens with zero attached hydrogens (tertiary/aromatic N) is 1. The Morgan fingerprint density at radius 3 is 2.96 bits per heavy atom. The molecule has 0 aliphatic carbocycles. The number of hydrogen-bond acceptors (Lipinski definition) is 4. The largest absolute Gasteiger partial charge is 0.435 e. The van der Waals surface area contributed by atoms with Crippen LogP contribution in [0.5, 0.6) is 11.6 Å². The summed E-state index contributed by atoms with van der Waals surface area (Å²) >= 11 is 0. The monoisotopic (exact) mass is 347 g/mol. The number of amides is 1. The molecule has 7 heteroatoms. The third-order valence-electron chi connectivity index (χ3n) is 4.13. The predicted molar refractivity (Wildman–Crippen MR) is 88.3 cm³/mol. The summed E-state index contributed by atoms with van der Waals surface area (Å²) in [5, 5.41) is 5.93. The molecule has 1 fully saturated rings. The lowest BCUT2D eigenvalue weighted by Crippen LogP contribution is -2.40. The molecule has 0 saturated carbocycles. The smallest absolute Gasteiger partial charge is 0.237 e. The second-order valence-corrected chi connectivity index (χ2v) is 5.95. The lowest BCUT2D eigenvalue weighted by Gasteiger charge is -2.14. The lowest BCUT2D eigenvalue weighted by molar-refractivity contribution is -0.122. The van der Waals surface area contributed by atoms with Crippen LogP contribution < -0.4 is 15.4 Å². The number of carbonyl (C=O) groups excluding carboxylic acids is 1. The van der Waals surface area contributed by atoms with Crippen molar-refractivity contribution in [2.75, 3.05) is 6.54 Å². The van der Waals surface area contributed by atoms with Crippen LogP contribution in [0.15, 0.2) is 30.5 Å². The van der Waals surface area contributed by atoms with E-state index >= 15 is 0 Å². The van der Waals surface area contributed by atoms with Crippen LogP contribution in [0.2, 0.25) is 0 Å². The van der Waals surface area contributed by atoms with Crippen molar-refractivity contribution in [3.05, 3.63) is 53.2 Å². The number of rotatable bonds is 5. The SMILES string of the molecule is Cc1ccc(Oc2ncccc2CNC(=O)[C@@H]2CCCN2)c(F)c1F. The first-order valence-corrected chi connectivity index (χ1v) is 8.13. The summed E-state index contributed by atoms with van der Waals surface area (Å²) in [6.45, 7) is 2.49. The molecule has 2 aromatic rings. The van der Waals surface area contributed by atoms with Gasteiger partial charge in [0, 0.05) is 18.3 Å². The zero-order valence-corrected chi connectivity index (χ0v) is 13.8. The van der Waals surface area contributed by atoms with Gasteiger partial charge in [0.15, 0.2) is 11.6 Å². The summed E-state index contributed by atoms with van der Waals surface area (Å²) in [5.41, 5.74) is 0.775. The normalized spacial score (nSPS) is 16.7. The van der Waals surface area contributed by atoms with Crippen LogP contribution in [-0.2, 0) is 11.3 Å². The van der Waals surface area contributed by atoms with Crippen LogP contribution in [0.1, 0.15) is 24.0 Å². The first kappa shape index (κ1) is 17.3. The summed E-state index contributed by atoms with van der Waals surface area (Å²) in [7, 11) is 0. The molecule has 1 amide bonds. The van der Waals surface area contributed by atoms with E-state index < -0.39 is 11.6 Å². The van der Waals surface area contributed by atoms with Gasteiger partial charge in [-0.3, -0.25) is 4.79 Å². The van der Waals surface area contributed by atoms with Crippen molar-refractivity contribution in [2.45, 2.75) is 32.4 Å². The van der Waals surface area contributed by atoms with Crippen molar-refractivity contribution in [1.29, 1.82) is 0 Å². The van der Waals surface area contributed by atoms with Gasteiger partial charge in [-0.05, 0) is 44.0 Å². The van der Waals surface area contributed by atoms with E-state index in [0.29, 0.717) is 5.56 Å². The number of aromatic nitrogens is 1. The van der Waals surface area contributed by atoms with E-state index in [0.717, 1.165) is 19.4 Å². The van der Waals surface area contributed by atoms with Gasteiger partial charge in [0.2, 0.25) is 17.6 Å². The first-order chi connectivity index (χ1) is 12.1. The van der Waals surface area contributed by atoms with E-state index in [2.05, 4.69) is 15.6 Å². The van der Waals surface area contributed by atoms with Crippen molar-refractivity contribution < 1.29 is 18.3 Å². The van der Waals surface area contributed by atoms with Crippen LogP contribution >= 0.6 is 0 Å². The van der Waals surface area contributed by atoms with Gasteiger partial charge in [0.05, 0.1) is 6.04 Å². The molecule has 0 unspecified atom stereocenters. The number of benzene rings is 1. The molecule has 25 heavy (non-hydrogen) atoms. The minimum absolute atomic E-state index is 0.0973. The molecule has 3 rings (SSSR count). The van der Waals surface area contributed by atoms with Gasteiger partial charge < -0.3 is 15.4 Å². The van der Waals surface area contributed by atoms with E-state index in [1.54, 1.807) is 12.1 Å². The van der Waals surface area contributed by atoms with Gasteiger partial charge >= 0.3 is 0 Å². The van der Waals surface area contributed by atoms with E-state index in [4.69, 9.17) is 4.74 Å². The van der Waals surface area contributed by atoms with Crippen molar-refractivity contribution in [3.8, 4) is 11.6 Å². The fourth-order valence-corrected chi connectivity index (χ4v) is 2.68. The molecule has 132 valence electrons. The van der Waals surface area contributed by atoms with Gasteiger partial charge in [-0.2, -0.15) is 4.39 Å². The number of pyridine rings is 1. The first-order valence-electron chi connectivity index (χ1n) is 8.13. The molecule has 1 aliphatic rings. The van der Waals surface area contributed by atoms with E-state index in [1.165, 1.54) is 25.3 Å². The van der Waals surface area contributed by atoms with Gasteiger partial charge in [-0.25, -0.2) is 9.37 Å². The molecular weight excluding hydrogens is 328 g/mol. The molecule has 0 spiro atoms. The Balaban J connectivity index is 1.73. The summed E-state index contributed by atoms with van der Waals surface area (Å²) < 4.78 is 33.1. The number of halogens is 2. The number of aryl methyl sites for hydroxylation is 1. The van der Waals surface area contributed by atoms with Crippen molar-refractivity contribution in [2.24, 2.45) is 0 Å². The fourth-order valence-electron chi connectivity index (χ4n) is 2.68. The Labute approximate surface area is 144 Å². The van der Waals surface area contributed by atoms with Crippen LogP contribution in [0.3, 0.4) is 0 Å². The molecule has 1 aromatic carbocycles. The molecule has 2 N–H and O–H groups in total. The van der Waals surface area contributed by atoms with E-state index in [-0.39, 0.29) is 35.7 Å². The van der Waals surface area contributed by atoms with Crippen LogP contribution in [0, 0.1) is 18.6 Å². The minimum atomic E-state index is -1.06. The number of ether oxygens (including phenoxy) is 1. The van der Waals surface area contributed by atoms with Gasteiger partial charge in [-0.1, -0.05) is 12.1 Å². The maximum Gasteiger partial charge on any atom is 0.237 e. The standard InChI is InChI=1S/C18H19F2N3O2/c1-11-6-7-14(16(20)15(11)19)25-18-12(4-2-9-22-18)10-23-17(24)13-5-3-8-21-13/h2,4,6-7,9,13,21H,3,5,8,10H2,1H3,(H,23,24)/t13-/m0/s1. The second kappa shape index (κ2) is 7.57. The summed E-state index contributed by atoms with van der Waals surface area (Å²) in [6, 6.07) is 6.00. The van der Waals surface area contributed by atoms with Gasteiger partial charge in [0.25, 0.3) is 0 Å². The lowest BCUT2D eigenvalue weighted by atomic mass is 10.2. The third kappa shape index (κ3) is 3.93. The molecule has 1 aliphatic heterocycles. The van der Waals surface area contributed by atoms with E-state index in [9.17, 15) is 13.6 Å². The predicted octanol–water partition coefficient (Wildman–Crippen LogP) is 2.83. The molecule has 1 aromatic heterocycles. The molecule has 5 nitrogen and oxygen atoms in total. The van der Waals surface area contributed by atoms with E-state index in [1.807, 2.05) is 0 Å². The summed E-state index contributed by atoms with van der Waals surface area (Å²) in [4.78, 5) is 16.1. The molecule has 1 saturated heterocycles. The Morgan fingerprint density at radius 2 is 2.20 bits per heavy atom. The minimum Gasteiger partial charge on any atom is -0.435 e. The number of hydrogen-bond donors (Lipinski definition) is 2. The fraction of sp³-hybridized carbons (Fsp3) is 0.333. The molecule has 1 atom stereocenters. The highest BCUT2D eigenvalue weighted by atomic mass is 19.2. The topological polar surface area (TPSA) is 63.2 Å². The zero-order chi connectivity index (χ0) is 17.8. The van der Waals surface area contributed by atoms with Crippen molar-refractivity contribution in [3.63, 3.8) is 0 Å². The highest BCUT2D eigenvalue weighted by Gasteiger charge is 2.22. The van der Waals surface area contributed by atoms with Crippen LogP contribution in [0.25, 0.3) is 0 Å². The molecular formula is C18H19F2N3O2. The van der Waals surface area contributed by atoms with Crippen LogP contribution in [0.4, 0.5) is 8.78 Å². The van der Waals surface area contributed by atoms with Crippen LogP contribution in [-0.4, -0.2) is 23.5 Å². The highest BCUT2D eigenvalue weighted by Crippen LogP contribution is 2.28. The number of carbonyl (C=O) groups is 1. The Hall–Kier alpha value is -2.54. The Kier molecular flexibility index (Phi) is 5.23. The maximum absolute atomic E-state index is 14.0. The van der Waals surface area contributed by atoms with Crippen molar-refractivity contribution in [1.82, 2.24) is 15.6 Å². The summed E-state index contributed by atoms with van der Waals surface area (Å²) in [6.07, 6.45) is 3.26. The van der Waals surface area contributed by atoms with Gasteiger partial charge in [-0.15, -0.1) is 0 Å². The average Bonchev–Trinajstić information content (AvgIpc) is 3.16. The summed E-state index contributed by atoms with van der Waals surface area (Å²) in [5.74, 6) is -2.22. The van der Waals surface area contributed by atoms with Crippen molar-refractivity contribution >= 4 is 5.91 Å². The zero-order valence-electron chi connectivity index (χ0n) is 13.8. The average molecular weight is 347 g/mol. The quantitative estimate of drug-likeness (QED) is 0.873. The molecule has 2 heterocycles. The maximum atomic E-state index is 14.0. The third-order valence-corrected chi connectivity index (χ3v) is 4.13. The second-order valence-electron chi connectivity index (χ2n) is 5.95. The molecule has 0 bridgehead atoms. The Morgan fingerprint density at radius 1 is 1.36 bits per heavy atom. The Bertz CT molecular complexity index is 777. The highest BCUT2D eigenvalue weighted by molar-refractivity contribution is 5.82. The molecule has 0 radical (unpaired) electrons. The number of nitrogens with one attached hydrogen (secondary N) is 2.